The van der Waals surface area contributed by atoms with E-state index >= 15 is 0 Å². The topological polar surface area (TPSA) is 52.6 Å². The van der Waals surface area contributed by atoms with Gasteiger partial charge in [0.15, 0.2) is 5.54 Å². The summed E-state index contributed by atoms with van der Waals surface area (Å²) in [7, 11) is 0. The van der Waals surface area contributed by atoms with Gasteiger partial charge in [0.05, 0.1) is 0 Å². The first-order chi connectivity index (χ1) is 12.1. The molecule has 6 heteroatoms. The van der Waals surface area contributed by atoms with Crippen molar-refractivity contribution in [3.05, 3.63) is 35.9 Å². The van der Waals surface area contributed by atoms with Gasteiger partial charge in [0, 0.05) is 24.8 Å². The fraction of sp³-hybridized carbons (Fsp3) is 0.619. The largest absolute Gasteiger partial charge is 0.528 e. The summed E-state index contributed by atoms with van der Waals surface area (Å²) in [5, 5.41) is -0.592. The molecule has 1 saturated heterocycles. The van der Waals surface area contributed by atoms with Crippen LogP contribution in [0.15, 0.2) is 30.3 Å². The van der Waals surface area contributed by atoms with Gasteiger partial charge >= 0.3 is 11.3 Å². The van der Waals surface area contributed by atoms with E-state index in [1.807, 2.05) is 51.1 Å². The van der Waals surface area contributed by atoms with E-state index in [0.29, 0.717) is 0 Å². The van der Waals surface area contributed by atoms with E-state index in [-0.39, 0.29) is 6.61 Å². The number of amides is 2. The molecule has 0 N–H and O–H groups in total. The molecule has 2 atom stereocenters. The standard InChI is InChI=1S/C21H31NO4S/c1-18(2,3)21(15-12-10-9-11-13-15)14-25-20(7,8)22(21,17(24)27)16(23)26-19(4,5)6/h9-13H,14H2,1-8H3/p+1/t21-,22?/m1/s1. The van der Waals surface area contributed by atoms with Gasteiger partial charge < -0.3 is 9.47 Å². The molecule has 0 bridgehead atoms. The second-order valence-corrected chi connectivity index (χ2v) is 10.0. The number of hydrogen-bond acceptors (Lipinski definition) is 4. The third-order valence-electron chi connectivity index (χ3n) is 5.46. The lowest BCUT2D eigenvalue weighted by molar-refractivity contribution is -0.889. The van der Waals surface area contributed by atoms with Crippen LogP contribution in [-0.2, 0) is 15.0 Å². The number of carbonyl (C=O) groups is 2. The lowest BCUT2D eigenvalue weighted by Gasteiger charge is -2.52. The Morgan fingerprint density at radius 1 is 1.07 bits per heavy atom. The van der Waals surface area contributed by atoms with E-state index in [0.717, 1.165) is 5.56 Å². The van der Waals surface area contributed by atoms with Crippen LogP contribution in [0.5, 0.6) is 0 Å². The number of imide groups is 1. The molecule has 0 radical (unpaired) electrons. The van der Waals surface area contributed by atoms with Gasteiger partial charge in [-0.3, -0.25) is 0 Å². The molecular weight excluding hydrogens is 362 g/mol. The summed E-state index contributed by atoms with van der Waals surface area (Å²) in [4.78, 5) is 26.9. The van der Waals surface area contributed by atoms with Crippen molar-refractivity contribution in [3.8, 4) is 0 Å². The number of benzene rings is 1. The minimum absolute atomic E-state index is 0.194. The highest BCUT2D eigenvalue weighted by Gasteiger charge is 2.78. The average molecular weight is 395 g/mol. The molecule has 0 spiro atoms. The second-order valence-electron chi connectivity index (χ2n) is 9.65. The summed E-state index contributed by atoms with van der Waals surface area (Å²) >= 11 is 4.23. The summed E-state index contributed by atoms with van der Waals surface area (Å²) in [5.41, 5.74) is -2.58. The van der Waals surface area contributed by atoms with Crippen molar-refractivity contribution in [3.63, 3.8) is 0 Å². The van der Waals surface area contributed by atoms with Gasteiger partial charge in [-0.1, -0.05) is 51.1 Å². The summed E-state index contributed by atoms with van der Waals surface area (Å²) in [6.45, 7) is 15.1. The fourth-order valence-corrected chi connectivity index (χ4v) is 4.75. The zero-order chi connectivity index (χ0) is 20.9. The highest BCUT2D eigenvalue weighted by atomic mass is 32.1. The van der Waals surface area contributed by atoms with Crippen LogP contribution in [0.25, 0.3) is 0 Å². The van der Waals surface area contributed by atoms with Gasteiger partial charge in [-0.05, 0) is 33.4 Å². The van der Waals surface area contributed by atoms with Crippen molar-refractivity contribution in [2.75, 3.05) is 6.61 Å². The molecular formula is C21H32NO4S+. The average Bonchev–Trinajstić information content (AvgIpc) is 2.75. The predicted octanol–water partition coefficient (Wildman–Crippen LogP) is 5.50. The number of rotatable bonds is 1. The van der Waals surface area contributed by atoms with Crippen molar-refractivity contribution >= 4 is 24.0 Å². The molecule has 150 valence electrons. The van der Waals surface area contributed by atoms with Gasteiger partial charge in [0.1, 0.15) is 12.2 Å². The Morgan fingerprint density at radius 3 is 2.00 bits per heavy atom. The van der Waals surface area contributed by atoms with Crippen LogP contribution >= 0.6 is 12.6 Å². The van der Waals surface area contributed by atoms with E-state index < -0.39 is 38.1 Å². The SMILES string of the molecule is CC(C)(C)OC(=O)[N+]1(C(=O)S)C(C)(C)OC[C@@]1(c1ccccc1)C(C)(C)C. The molecule has 0 aromatic heterocycles. The minimum atomic E-state index is -1.15. The van der Waals surface area contributed by atoms with E-state index in [1.54, 1.807) is 34.6 Å². The molecule has 27 heavy (non-hydrogen) atoms. The van der Waals surface area contributed by atoms with Gasteiger partial charge in [0.25, 0.3) is 0 Å². The van der Waals surface area contributed by atoms with Crippen molar-refractivity contribution in [2.45, 2.75) is 72.3 Å². The van der Waals surface area contributed by atoms with Gasteiger partial charge in [-0.2, -0.15) is 4.79 Å². The summed E-state index contributed by atoms with van der Waals surface area (Å²) in [6.07, 6.45) is -0.649. The first kappa shape index (κ1) is 21.9. The molecule has 1 aromatic carbocycles. The zero-order valence-electron chi connectivity index (χ0n) is 17.6. The van der Waals surface area contributed by atoms with E-state index in [9.17, 15) is 9.59 Å². The van der Waals surface area contributed by atoms with Crippen LogP contribution in [-0.4, -0.2) is 33.7 Å². The number of ether oxygens (including phenoxy) is 2. The molecule has 2 rings (SSSR count). The molecule has 5 nitrogen and oxygen atoms in total. The first-order valence-corrected chi connectivity index (χ1v) is 9.64. The molecule has 1 fully saturated rings. The number of nitrogens with zero attached hydrogens (tertiary/aromatic N) is 1. The first-order valence-electron chi connectivity index (χ1n) is 9.19. The summed E-state index contributed by atoms with van der Waals surface area (Å²) < 4.78 is 11.3. The molecule has 2 amide bonds. The third-order valence-corrected chi connectivity index (χ3v) is 5.76. The smallest absolute Gasteiger partial charge is 0.414 e. The quantitative estimate of drug-likeness (QED) is 0.505. The Bertz CT molecular complexity index is 733. The van der Waals surface area contributed by atoms with Gasteiger partial charge in [0.2, 0.25) is 5.72 Å². The maximum Gasteiger partial charge on any atom is 0.528 e. The van der Waals surface area contributed by atoms with Crippen molar-refractivity contribution < 1.29 is 23.5 Å². The highest BCUT2D eigenvalue weighted by molar-refractivity contribution is 7.96. The Hall–Kier alpha value is -1.37. The lowest BCUT2D eigenvalue weighted by Crippen LogP contribution is -2.75. The summed E-state index contributed by atoms with van der Waals surface area (Å²) in [5.74, 6) is 0. The number of hydrogen-bond donors (Lipinski definition) is 1. The Balaban J connectivity index is 2.93. The van der Waals surface area contributed by atoms with Gasteiger partial charge in [-0.15, -0.1) is 4.48 Å². The predicted molar refractivity (Wildman–Crippen MR) is 108 cm³/mol. The molecule has 1 heterocycles. The second kappa shape index (κ2) is 6.61. The van der Waals surface area contributed by atoms with Crippen LogP contribution < -0.4 is 0 Å². The monoisotopic (exact) mass is 394 g/mol. The maximum absolute atomic E-state index is 13.7. The van der Waals surface area contributed by atoms with Crippen LogP contribution in [0.1, 0.15) is 61.0 Å². The van der Waals surface area contributed by atoms with Crippen molar-refractivity contribution in [1.29, 1.82) is 0 Å². The number of carbonyl (C=O) groups excluding carboxylic acids is 2. The Labute approximate surface area is 168 Å². The van der Waals surface area contributed by atoms with Crippen LogP contribution in [0.2, 0.25) is 0 Å². The van der Waals surface area contributed by atoms with E-state index in [4.69, 9.17) is 9.47 Å². The normalized spacial score (nSPS) is 28.0. The highest BCUT2D eigenvalue weighted by Crippen LogP contribution is 2.59. The Kier molecular flexibility index (Phi) is 5.36. The zero-order valence-corrected chi connectivity index (χ0v) is 18.5. The van der Waals surface area contributed by atoms with Crippen molar-refractivity contribution in [2.24, 2.45) is 5.41 Å². The maximum atomic E-state index is 13.7. The van der Waals surface area contributed by atoms with E-state index in [1.165, 1.54) is 0 Å². The minimum Gasteiger partial charge on any atom is -0.414 e. The number of thiol groups is 1. The van der Waals surface area contributed by atoms with Crippen LogP contribution in [0, 0.1) is 5.41 Å². The van der Waals surface area contributed by atoms with Crippen LogP contribution in [0.4, 0.5) is 9.59 Å². The molecule has 1 aliphatic rings. The molecule has 1 aliphatic heterocycles. The molecule has 0 aliphatic carbocycles. The Morgan fingerprint density at radius 2 is 1.59 bits per heavy atom. The third kappa shape index (κ3) is 3.12. The van der Waals surface area contributed by atoms with Crippen LogP contribution in [0.3, 0.4) is 0 Å². The summed E-state index contributed by atoms with van der Waals surface area (Å²) in [6, 6.07) is 9.58. The molecule has 1 aromatic rings. The lowest BCUT2D eigenvalue weighted by atomic mass is 9.67. The molecule has 0 saturated carbocycles. The van der Waals surface area contributed by atoms with Crippen molar-refractivity contribution in [1.82, 2.24) is 0 Å². The van der Waals surface area contributed by atoms with Gasteiger partial charge in [-0.25, -0.2) is 4.79 Å². The fourth-order valence-electron chi connectivity index (χ4n) is 4.26. The molecule has 1 unspecified atom stereocenters. The van der Waals surface area contributed by atoms with E-state index in [2.05, 4.69) is 12.6 Å². The number of quaternary nitrogens is 1.